The molecule has 0 aliphatic heterocycles. The van der Waals surface area contributed by atoms with E-state index < -0.39 is 11.7 Å². The van der Waals surface area contributed by atoms with Gasteiger partial charge in [-0.15, -0.1) is 0 Å². The number of carbonyl (C=O) groups is 1. The Balaban J connectivity index is 2.23. The topological polar surface area (TPSA) is 17.1 Å². The van der Waals surface area contributed by atoms with E-state index in [1.54, 1.807) is 19.1 Å². The minimum absolute atomic E-state index is 0.0935. The summed E-state index contributed by atoms with van der Waals surface area (Å²) in [6, 6.07) is 9.68. The summed E-state index contributed by atoms with van der Waals surface area (Å²) in [5.41, 5.74) is 0.801. The summed E-state index contributed by atoms with van der Waals surface area (Å²) < 4.78 is 37.9. The van der Waals surface area contributed by atoms with Crippen molar-refractivity contribution in [2.45, 2.75) is 19.5 Å². The minimum Gasteiger partial charge on any atom is -0.294 e. The lowest BCUT2D eigenvalue weighted by atomic mass is 10.00. The van der Waals surface area contributed by atoms with Crippen molar-refractivity contribution in [1.82, 2.24) is 0 Å². The summed E-state index contributed by atoms with van der Waals surface area (Å²) in [4.78, 5) is 12.1. The Morgan fingerprint density at radius 3 is 2.48 bits per heavy atom. The zero-order chi connectivity index (χ0) is 15.6. The highest BCUT2D eigenvalue weighted by atomic mass is 35.5. The molecule has 21 heavy (non-hydrogen) atoms. The van der Waals surface area contributed by atoms with Gasteiger partial charge in [-0.25, -0.2) is 0 Å². The quantitative estimate of drug-likeness (QED) is 0.721. The number of Topliss-reactive ketones (excluding diaryl/α,β-unsaturated/α-hetero) is 1. The van der Waals surface area contributed by atoms with Gasteiger partial charge in [0.2, 0.25) is 0 Å². The van der Waals surface area contributed by atoms with E-state index in [1.807, 2.05) is 0 Å². The molecule has 0 amide bonds. The maximum absolute atomic E-state index is 12.6. The van der Waals surface area contributed by atoms with Crippen molar-refractivity contribution in [3.05, 3.63) is 69.7 Å². The molecular weight excluding hydrogens is 301 g/mol. The Kier molecular flexibility index (Phi) is 4.37. The van der Waals surface area contributed by atoms with Gasteiger partial charge in [0, 0.05) is 17.0 Å². The molecule has 0 saturated carbocycles. The lowest BCUT2D eigenvalue weighted by molar-refractivity contribution is -0.137. The molecule has 2 aromatic carbocycles. The van der Waals surface area contributed by atoms with Crippen LogP contribution in [0, 0.1) is 6.92 Å². The summed E-state index contributed by atoms with van der Waals surface area (Å²) in [5, 5.41) is 0.433. The molecule has 0 bridgehead atoms. The lowest BCUT2D eigenvalue weighted by Gasteiger charge is -2.09. The summed E-state index contributed by atoms with van der Waals surface area (Å²) >= 11 is 5.88. The molecule has 1 nitrogen and oxygen atoms in total. The van der Waals surface area contributed by atoms with Gasteiger partial charge in [-0.2, -0.15) is 13.2 Å². The van der Waals surface area contributed by atoms with Crippen molar-refractivity contribution < 1.29 is 18.0 Å². The highest BCUT2D eigenvalue weighted by Crippen LogP contribution is 2.29. The van der Waals surface area contributed by atoms with E-state index in [1.165, 1.54) is 18.2 Å². The van der Waals surface area contributed by atoms with Crippen LogP contribution in [0.25, 0.3) is 0 Å². The second-order valence-electron chi connectivity index (χ2n) is 4.82. The molecule has 0 radical (unpaired) electrons. The predicted octanol–water partition coefficient (Wildman–Crippen LogP) is 5.09. The number of hydrogen-bond donors (Lipinski definition) is 0. The van der Waals surface area contributed by atoms with Crippen molar-refractivity contribution in [1.29, 1.82) is 0 Å². The van der Waals surface area contributed by atoms with Gasteiger partial charge in [-0.1, -0.05) is 29.8 Å². The largest absolute Gasteiger partial charge is 0.416 e. The molecule has 0 spiro atoms. The second-order valence-corrected chi connectivity index (χ2v) is 5.25. The Bertz CT molecular complexity index is 657. The first-order valence-electron chi connectivity index (χ1n) is 6.22. The van der Waals surface area contributed by atoms with Crippen LogP contribution in [0.4, 0.5) is 13.2 Å². The summed E-state index contributed by atoms with van der Waals surface area (Å²) in [6.45, 7) is 1.80. The number of ketones is 1. The van der Waals surface area contributed by atoms with Crippen LogP contribution >= 0.6 is 11.6 Å². The first-order chi connectivity index (χ1) is 9.75. The Morgan fingerprint density at radius 2 is 1.86 bits per heavy atom. The Labute approximate surface area is 125 Å². The van der Waals surface area contributed by atoms with Crippen LogP contribution in [0.15, 0.2) is 42.5 Å². The number of benzene rings is 2. The standard InChI is InChI=1S/C16H12ClF3O/c1-10-5-12(9-14(17)6-10)15(21)8-11-3-2-4-13(7-11)16(18,19)20/h2-7,9H,8H2,1H3. The van der Waals surface area contributed by atoms with Gasteiger partial charge in [0.15, 0.2) is 5.78 Å². The lowest BCUT2D eigenvalue weighted by Crippen LogP contribution is -2.08. The monoisotopic (exact) mass is 312 g/mol. The van der Waals surface area contributed by atoms with Crippen molar-refractivity contribution >= 4 is 17.4 Å². The maximum atomic E-state index is 12.6. The molecule has 2 aromatic rings. The molecule has 5 heteroatoms. The SMILES string of the molecule is Cc1cc(Cl)cc(C(=O)Cc2cccc(C(F)(F)F)c2)c1. The van der Waals surface area contributed by atoms with E-state index >= 15 is 0 Å². The molecular formula is C16H12ClF3O. The normalized spacial score (nSPS) is 11.5. The van der Waals surface area contributed by atoms with Gasteiger partial charge in [-0.05, 0) is 42.3 Å². The van der Waals surface area contributed by atoms with Crippen LogP contribution in [-0.4, -0.2) is 5.78 Å². The van der Waals surface area contributed by atoms with Crippen LogP contribution in [-0.2, 0) is 12.6 Å². The molecule has 0 heterocycles. The molecule has 0 unspecified atom stereocenters. The average Bonchev–Trinajstić information content (AvgIpc) is 2.37. The van der Waals surface area contributed by atoms with Crippen molar-refractivity contribution in [3.63, 3.8) is 0 Å². The van der Waals surface area contributed by atoms with Crippen molar-refractivity contribution in [2.75, 3.05) is 0 Å². The number of aryl methyl sites for hydroxylation is 1. The van der Waals surface area contributed by atoms with E-state index in [9.17, 15) is 18.0 Å². The first-order valence-corrected chi connectivity index (χ1v) is 6.60. The number of alkyl halides is 3. The first kappa shape index (κ1) is 15.6. The number of halogens is 4. The second kappa shape index (κ2) is 5.90. The van der Waals surface area contributed by atoms with E-state index in [0.29, 0.717) is 16.1 Å². The number of rotatable bonds is 3. The van der Waals surface area contributed by atoms with Crippen LogP contribution in [0.3, 0.4) is 0 Å². The summed E-state index contributed by atoms with van der Waals surface area (Å²) in [6.07, 6.45) is -4.50. The van der Waals surface area contributed by atoms with E-state index in [-0.39, 0.29) is 12.2 Å². The van der Waals surface area contributed by atoms with Gasteiger partial charge >= 0.3 is 6.18 Å². The zero-order valence-electron chi connectivity index (χ0n) is 11.2. The van der Waals surface area contributed by atoms with Gasteiger partial charge in [-0.3, -0.25) is 4.79 Å². The molecule has 0 atom stereocenters. The molecule has 0 saturated heterocycles. The highest BCUT2D eigenvalue weighted by molar-refractivity contribution is 6.31. The third-order valence-corrected chi connectivity index (χ3v) is 3.20. The third kappa shape index (κ3) is 4.08. The fourth-order valence-electron chi connectivity index (χ4n) is 2.04. The average molecular weight is 313 g/mol. The number of carbonyl (C=O) groups excluding carboxylic acids is 1. The minimum atomic E-state index is -4.41. The molecule has 0 aliphatic rings. The van der Waals surface area contributed by atoms with Crippen LogP contribution in [0.5, 0.6) is 0 Å². The van der Waals surface area contributed by atoms with Crippen LogP contribution in [0.1, 0.15) is 27.0 Å². The van der Waals surface area contributed by atoms with Crippen molar-refractivity contribution in [3.8, 4) is 0 Å². The molecule has 2 rings (SSSR count). The smallest absolute Gasteiger partial charge is 0.294 e. The molecule has 0 aromatic heterocycles. The molecule has 110 valence electrons. The fourth-order valence-corrected chi connectivity index (χ4v) is 2.33. The molecule has 0 N–H and O–H groups in total. The van der Waals surface area contributed by atoms with Crippen molar-refractivity contribution in [2.24, 2.45) is 0 Å². The van der Waals surface area contributed by atoms with Gasteiger partial charge < -0.3 is 0 Å². The van der Waals surface area contributed by atoms with Gasteiger partial charge in [0.25, 0.3) is 0 Å². The maximum Gasteiger partial charge on any atom is 0.416 e. The Morgan fingerprint density at radius 1 is 1.14 bits per heavy atom. The van der Waals surface area contributed by atoms with Gasteiger partial charge in [0.1, 0.15) is 0 Å². The third-order valence-electron chi connectivity index (χ3n) is 2.98. The Hall–Kier alpha value is -1.81. The van der Waals surface area contributed by atoms with Crippen LogP contribution in [0.2, 0.25) is 5.02 Å². The fraction of sp³-hybridized carbons (Fsp3) is 0.188. The summed E-state index contributed by atoms with van der Waals surface area (Å²) in [5.74, 6) is -0.264. The zero-order valence-corrected chi connectivity index (χ0v) is 11.9. The van der Waals surface area contributed by atoms with E-state index in [2.05, 4.69) is 0 Å². The highest BCUT2D eigenvalue weighted by Gasteiger charge is 2.30. The molecule has 0 aliphatic carbocycles. The van der Waals surface area contributed by atoms with E-state index in [4.69, 9.17) is 11.6 Å². The molecule has 0 fully saturated rings. The number of hydrogen-bond acceptors (Lipinski definition) is 1. The van der Waals surface area contributed by atoms with Gasteiger partial charge in [0.05, 0.1) is 5.56 Å². The van der Waals surface area contributed by atoms with Crippen LogP contribution < -0.4 is 0 Å². The van der Waals surface area contributed by atoms with E-state index in [0.717, 1.165) is 17.7 Å². The summed E-state index contributed by atoms with van der Waals surface area (Å²) in [7, 11) is 0. The predicted molar refractivity (Wildman–Crippen MR) is 75.7 cm³/mol.